The molecule has 0 amide bonds. The molecule has 1 aromatic carbocycles. The molecule has 16 heavy (non-hydrogen) atoms. The zero-order valence-electron chi connectivity index (χ0n) is 9.37. The highest BCUT2D eigenvalue weighted by Crippen LogP contribution is 2.40. The molecule has 1 aliphatic rings. The molecule has 82 valence electrons. The third kappa shape index (κ3) is 1.62. The minimum absolute atomic E-state index is 0.519. The van der Waals surface area contributed by atoms with Crippen LogP contribution in [-0.2, 0) is 0 Å². The summed E-state index contributed by atoms with van der Waals surface area (Å²) in [5.41, 5.74) is 1.15. The molecule has 3 heteroatoms. The molecule has 1 fully saturated rings. The quantitative estimate of drug-likeness (QED) is 0.784. The first-order chi connectivity index (χ1) is 7.86. The molecule has 0 N–H and O–H groups in total. The van der Waals surface area contributed by atoms with E-state index in [1.807, 2.05) is 24.5 Å². The highest BCUT2D eigenvalue weighted by atomic mass is 15.3. The second-order valence-electron chi connectivity index (χ2n) is 4.51. The van der Waals surface area contributed by atoms with Gasteiger partial charge in [0, 0.05) is 11.6 Å². The van der Waals surface area contributed by atoms with Crippen molar-refractivity contribution in [3.63, 3.8) is 0 Å². The van der Waals surface area contributed by atoms with E-state index in [4.69, 9.17) is 0 Å². The Balaban J connectivity index is 1.99. The van der Waals surface area contributed by atoms with Crippen LogP contribution >= 0.6 is 0 Å². The fourth-order valence-corrected chi connectivity index (χ4v) is 2.14. The van der Waals surface area contributed by atoms with Crippen molar-refractivity contribution >= 4 is 0 Å². The summed E-state index contributed by atoms with van der Waals surface area (Å²) in [6.07, 6.45) is 4.53. The van der Waals surface area contributed by atoms with Crippen LogP contribution in [0, 0.1) is 5.92 Å². The summed E-state index contributed by atoms with van der Waals surface area (Å²) in [5.74, 6) is 1.80. The van der Waals surface area contributed by atoms with E-state index in [2.05, 4.69) is 33.8 Å². The Kier molecular flexibility index (Phi) is 2.24. The maximum atomic E-state index is 4.23. The topological polar surface area (TPSA) is 30.7 Å². The Labute approximate surface area is 95.1 Å². The Morgan fingerprint density at radius 2 is 2.00 bits per heavy atom. The third-order valence-corrected chi connectivity index (χ3v) is 3.35. The van der Waals surface area contributed by atoms with Gasteiger partial charge in [0.2, 0.25) is 0 Å². The summed E-state index contributed by atoms with van der Waals surface area (Å²) in [6, 6.07) is 10.8. The molecular weight excluding hydrogens is 198 g/mol. The van der Waals surface area contributed by atoms with Gasteiger partial charge in [0.05, 0.1) is 0 Å². The number of hydrogen-bond acceptors (Lipinski definition) is 2. The van der Waals surface area contributed by atoms with Crippen molar-refractivity contribution in [3.8, 4) is 11.4 Å². The van der Waals surface area contributed by atoms with Crippen molar-refractivity contribution in [2.75, 3.05) is 0 Å². The largest absolute Gasteiger partial charge is 0.310 e. The van der Waals surface area contributed by atoms with E-state index in [0.717, 1.165) is 17.3 Å². The van der Waals surface area contributed by atoms with Crippen LogP contribution in [0.1, 0.15) is 25.8 Å². The Hall–Kier alpha value is -1.64. The fraction of sp³-hybridized carbons (Fsp3) is 0.385. The summed E-state index contributed by atoms with van der Waals surface area (Å²) in [6.45, 7) is 2.26. The van der Waals surface area contributed by atoms with Gasteiger partial charge in [-0.3, -0.25) is 0 Å². The number of aromatic nitrogens is 3. The van der Waals surface area contributed by atoms with Crippen LogP contribution in [0.15, 0.2) is 36.7 Å². The average Bonchev–Trinajstić information content (AvgIpc) is 3.06. The summed E-state index contributed by atoms with van der Waals surface area (Å²) in [7, 11) is 0. The minimum atomic E-state index is 0.519. The van der Waals surface area contributed by atoms with E-state index >= 15 is 0 Å². The monoisotopic (exact) mass is 213 g/mol. The molecule has 0 bridgehead atoms. The Bertz CT molecular complexity index is 471. The van der Waals surface area contributed by atoms with E-state index < -0.39 is 0 Å². The zero-order valence-corrected chi connectivity index (χ0v) is 9.37. The molecule has 1 saturated carbocycles. The van der Waals surface area contributed by atoms with Gasteiger partial charge in [-0.2, -0.15) is 0 Å². The van der Waals surface area contributed by atoms with E-state index in [0.29, 0.717) is 6.04 Å². The van der Waals surface area contributed by atoms with Gasteiger partial charge < -0.3 is 4.57 Å². The zero-order chi connectivity index (χ0) is 11.0. The van der Waals surface area contributed by atoms with Gasteiger partial charge in [-0.05, 0) is 25.7 Å². The van der Waals surface area contributed by atoms with Crippen molar-refractivity contribution in [1.82, 2.24) is 14.8 Å². The normalized spacial score (nSPS) is 17.3. The summed E-state index contributed by atoms with van der Waals surface area (Å²) >= 11 is 0. The fourth-order valence-electron chi connectivity index (χ4n) is 2.14. The smallest absolute Gasteiger partial charge is 0.163 e. The molecule has 1 heterocycles. The molecular formula is C13H15N3. The van der Waals surface area contributed by atoms with Crippen LogP contribution in [0.25, 0.3) is 11.4 Å². The molecule has 3 nitrogen and oxygen atoms in total. The molecule has 1 atom stereocenters. The predicted octanol–water partition coefficient (Wildman–Crippen LogP) is 2.92. The van der Waals surface area contributed by atoms with Crippen LogP contribution in [0.3, 0.4) is 0 Å². The first-order valence-electron chi connectivity index (χ1n) is 5.81. The highest BCUT2D eigenvalue weighted by molar-refractivity contribution is 5.54. The maximum absolute atomic E-state index is 4.23. The number of benzene rings is 1. The van der Waals surface area contributed by atoms with Gasteiger partial charge in [0.15, 0.2) is 5.82 Å². The second-order valence-corrected chi connectivity index (χ2v) is 4.51. The Morgan fingerprint density at radius 1 is 1.25 bits per heavy atom. The molecule has 1 aromatic heterocycles. The van der Waals surface area contributed by atoms with Crippen LogP contribution in [0.2, 0.25) is 0 Å². The SMILES string of the molecule is CC(C1CC1)n1cnnc1-c1ccccc1. The predicted molar refractivity (Wildman–Crippen MR) is 62.9 cm³/mol. The van der Waals surface area contributed by atoms with Gasteiger partial charge in [0.1, 0.15) is 6.33 Å². The molecule has 3 rings (SSSR count). The van der Waals surface area contributed by atoms with Crippen LogP contribution in [0.5, 0.6) is 0 Å². The molecule has 0 saturated heterocycles. The number of rotatable bonds is 3. The summed E-state index contributed by atoms with van der Waals surface area (Å²) in [5, 5.41) is 8.27. The molecule has 2 aromatic rings. The van der Waals surface area contributed by atoms with E-state index in [1.165, 1.54) is 12.8 Å². The van der Waals surface area contributed by atoms with Crippen molar-refractivity contribution in [1.29, 1.82) is 0 Å². The van der Waals surface area contributed by atoms with Crippen LogP contribution in [-0.4, -0.2) is 14.8 Å². The van der Waals surface area contributed by atoms with E-state index in [9.17, 15) is 0 Å². The first kappa shape index (κ1) is 9.58. The minimum Gasteiger partial charge on any atom is -0.310 e. The Morgan fingerprint density at radius 3 is 2.69 bits per heavy atom. The van der Waals surface area contributed by atoms with Gasteiger partial charge in [0.25, 0.3) is 0 Å². The molecule has 0 radical (unpaired) electrons. The van der Waals surface area contributed by atoms with Gasteiger partial charge in [-0.15, -0.1) is 10.2 Å². The number of nitrogens with zero attached hydrogens (tertiary/aromatic N) is 3. The first-order valence-corrected chi connectivity index (χ1v) is 5.81. The second kappa shape index (κ2) is 3.74. The van der Waals surface area contributed by atoms with E-state index in [1.54, 1.807) is 0 Å². The summed E-state index contributed by atoms with van der Waals surface area (Å²) in [4.78, 5) is 0. The van der Waals surface area contributed by atoms with Gasteiger partial charge in [-0.1, -0.05) is 30.3 Å². The van der Waals surface area contributed by atoms with Gasteiger partial charge >= 0.3 is 0 Å². The highest BCUT2D eigenvalue weighted by Gasteiger charge is 2.30. The van der Waals surface area contributed by atoms with Gasteiger partial charge in [-0.25, -0.2) is 0 Å². The lowest BCUT2D eigenvalue weighted by Gasteiger charge is -2.14. The molecule has 1 aliphatic carbocycles. The maximum Gasteiger partial charge on any atom is 0.163 e. The number of hydrogen-bond donors (Lipinski definition) is 0. The van der Waals surface area contributed by atoms with E-state index in [-0.39, 0.29) is 0 Å². The van der Waals surface area contributed by atoms with Crippen molar-refractivity contribution in [2.45, 2.75) is 25.8 Å². The van der Waals surface area contributed by atoms with Crippen LogP contribution < -0.4 is 0 Å². The van der Waals surface area contributed by atoms with Crippen molar-refractivity contribution < 1.29 is 0 Å². The van der Waals surface area contributed by atoms with Crippen molar-refractivity contribution in [3.05, 3.63) is 36.7 Å². The summed E-state index contributed by atoms with van der Waals surface area (Å²) < 4.78 is 2.20. The molecule has 0 aliphatic heterocycles. The third-order valence-electron chi connectivity index (χ3n) is 3.35. The molecule has 0 spiro atoms. The van der Waals surface area contributed by atoms with Crippen molar-refractivity contribution in [2.24, 2.45) is 5.92 Å². The lowest BCUT2D eigenvalue weighted by Crippen LogP contribution is -2.07. The standard InChI is InChI=1S/C13H15N3/c1-10(11-7-8-11)16-9-14-15-13(16)12-5-3-2-4-6-12/h2-6,9-11H,7-8H2,1H3. The molecule has 1 unspecified atom stereocenters. The lowest BCUT2D eigenvalue weighted by atomic mass is 10.1. The van der Waals surface area contributed by atoms with Crippen LogP contribution in [0.4, 0.5) is 0 Å². The average molecular weight is 213 g/mol. The lowest BCUT2D eigenvalue weighted by molar-refractivity contribution is 0.488.